The van der Waals surface area contributed by atoms with Gasteiger partial charge in [-0.05, 0) is 18.8 Å². The standard InChI is InChI=1S/C8H10N2OS/c11-8(7-4-9-5-12-7)10-3-6-1-2-6/h4-6H,1-3H2,(H,10,11). The largest absolute Gasteiger partial charge is 0.351 e. The number of carbonyl (C=O) groups excluding carboxylic acids is 1. The average molecular weight is 182 g/mol. The number of rotatable bonds is 3. The Morgan fingerprint density at radius 3 is 3.17 bits per heavy atom. The molecule has 4 heteroatoms. The van der Waals surface area contributed by atoms with E-state index >= 15 is 0 Å². The van der Waals surface area contributed by atoms with Crippen molar-refractivity contribution in [3.8, 4) is 0 Å². The first-order valence-corrected chi connectivity index (χ1v) is 4.91. The first kappa shape index (κ1) is 7.73. The van der Waals surface area contributed by atoms with Crippen LogP contribution < -0.4 is 5.32 Å². The molecule has 64 valence electrons. The predicted molar refractivity (Wildman–Crippen MR) is 47.2 cm³/mol. The molecule has 0 spiro atoms. The van der Waals surface area contributed by atoms with Crippen molar-refractivity contribution >= 4 is 17.2 Å². The van der Waals surface area contributed by atoms with E-state index in [4.69, 9.17) is 0 Å². The number of carbonyl (C=O) groups is 1. The van der Waals surface area contributed by atoms with Gasteiger partial charge in [0.05, 0.1) is 11.7 Å². The van der Waals surface area contributed by atoms with Gasteiger partial charge in [0.2, 0.25) is 0 Å². The Labute approximate surface area is 74.8 Å². The van der Waals surface area contributed by atoms with Gasteiger partial charge in [0.25, 0.3) is 5.91 Å². The number of amides is 1. The van der Waals surface area contributed by atoms with Gasteiger partial charge < -0.3 is 5.32 Å². The van der Waals surface area contributed by atoms with Crippen molar-refractivity contribution in [1.29, 1.82) is 0 Å². The molecule has 0 saturated heterocycles. The predicted octanol–water partition coefficient (Wildman–Crippen LogP) is 1.28. The summed E-state index contributed by atoms with van der Waals surface area (Å²) < 4.78 is 0. The Hall–Kier alpha value is -0.900. The van der Waals surface area contributed by atoms with Gasteiger partial charge in [-0.3, -0.25) is 9.78 Å². The van der Waals surface area contributed by atoms with Crippen LogP contribution in [0.5, 0.6) is 0 Å². The van der Waals surface area contributed by atoms with Crippen molar-refractivity contribution in [2.75, 3.05) is 6.54 Å². The summed E-state index contributed by atoms with van der Waals surface area (Å²) in [5.41, 5.74) is 1.67. The van der Waals surface area contributed by atoms with Gasteiger partial charge in [-0.15, -0.1) is 11.3 Å². The lowest BCUT2D eigenvalue weighted by Crippen LogP contribution is -2.24. The molecule has 1 fully saturated rings. The van der Waals surface area contributed by atoms with Gasteiger partial charge in [0, 0.05) is 6.54 Å². The van der Waals surface area contributed by atoms with Gasteiger partial charge in [-0.25, -0.2) is 0 Å². The topological polar surface area (TPSA) is 42.0 Å². The molecular weight excluding hydrogens is 172 g/mol. The molecule has 0 radical (unpaired) electrons. The first-order chi connectivity index (χ1) is 5.86. The van der Waals surface area contributed by atoms with Gasteiger partial charge in [0.1, 0.15) is 4.88 Å². The van der Waals surface area contributed by atoms with Crippen molar-refractivity contribution in [3.05, 3.63) is 16.6 Å². The molecule has 2 rings (SSSR count). The van der Waals surface area contributed by atoms with Crippen LogP contribution in [0, 0.1) is 5.92 Å². The van der Waals surface area contributed by atoms with Crippen molar-refractivity contribution in [2.24, 2.45) is 5.92 Å². The number of nitrogens with zero attached hydrogens (tertiary/aromatic N) is 1. The van der Waals surface area contributed by atoms with Crippen LogP contribution in [-0.4, -0.2) is 17.4 Å². The number of thiazole rings is 1. The molecule has 3 nitrogen and oxygen atoms in total. The molecule has 0 aromatic carbocycles. The molecule has 12 heavy (non-hydrogen) atoms. The molecule has 0 aliphatic heterocycles. The molecule has 1 aromatic rings. The number of hydrogen-bond acceptors (Lipinski definition) is 3. The average Bonchev–Trinajstić information content (AvgIpc) is 2.74. The van der Waals surface area contributed by atoms with Crippen LogP contribution in [0.4, 0.5) is 0 Å². The maximum Gasteiger partial charge on any atom is 0.263 e. The molecule has 1 aromatic heterocycles. The Bertz CT molecular complexity index is 267. The van der Waals surface area contributed by atoms with E-state index in [9.17, 15) is 4.79 Å². The normalized spacial score (nSPS) is 16.0. The van der Waals surface area contributed by atoms with Crippen molar-refractivity contribution < 1.29 is 4.79 Å². The van der Waals surface area contributed by atoms with E-state index in [1.54, 1.807) is 11.7 Å². The number of nitrogens with one attached hydrogen (secondary N) is 1. The molecule has 0 unspecified atom stereocenters. The molecule has 1 aliphatic carbocycles. The van der Waals surface area contributed by atoms with Crippen LogP contribution >= 0.6 is 11.3 Å². The third kappa shape index (κ3) is 1.82. The minimum absolute atomic E-state index is 0.0180. The van der Waals surface area contributed by atoms with Crippen LogP contribution in [-0.2, 0) is 0 Å². The van der Waals surface area contributed by atoms with E-state index in [1.165, 1.54) is 24.2 Å². The van der Waals surface area contributed by atoms with E-state index in [0.29, 0.717) is 4.88 Å². The summed E-state index contributed by atoms with van der Waals surface area (Å²) in [5.74, 6) is 0.756. The fraction of sp³-hybridized carbons (Fsp3) is 0.500. The summed E-state index contributed by atoms with van der Waals surface area (Å²) >= 11 is 1.38. The highest BCUT2D eigenvalue weighted by Crippen LogP contribution is 2.27. The van der Waals surface area contributed by atoms with Crippen LogP contribution in [0.1, 0.15) is 22.5 Å². The SMILES string of the molecule is O=C(NCC1CC1)c1cncs1. The van der Waals surface area contributed by atoms with E-state index in [-0.39, 0.29) is 5.91 Å². The fourth-order valence-corrected chi connectivity index (χ4v) is 1.51. The summed E-state index contributed by atoms with van der Waals surface area (Å²) in [6.07, 6.45) is 4.14. The minimum atomic E-state index is 0.0180. The summed E-state index contributed by atoms with van der Waals surface area (Å²) in [4.78, 5) is 15.8. The zero-order valence-corrected chi connectivity index (χ0v) is 7.43. The van der Waals surface area contributed by atoms with Crippen LogP contribution in [0.15, 0.2) is 11.7 Å². The van der Waals surface area contributed by atoms with E-state index in [1.807, 2.05) is 0 Å². The summed E-state index contributed by atoms with van der Waals surface area (Å²) in [5, 5.41) is 2.88. The quantitative estimate of drug-likeness (QED) is 0.765. The second-order valence-corrected chi connectivity index (χ2v) is 3.91. The third-order valence-corrected chi connectivity index (χ3v) is 2.68. The van der Waals surface area contributed by atoms with Gasteiger partial charge in [0.15, 0.2) is 0 Å². The Kier molecular flexibility index (Phi) is 2.08. The minimum Gasteiger partial charge on any atom is -0.351 e. The van der Waals surface area contributed by atoms with Crippen molar-refractivity contribution in [3.63, 3.8) is 0 Å². The Morgan fingerprint density at radius 1 is 1.75 bits per heavy atom. The highest BCUT2D eigenvalue weighted by Gasteiger charge is 2.21. The molecule has 1 aliphatic rings. The van der Waals surface area contributed by atoms with Crippen LogP contribution in [0.25, 0.3) is 0 Å². The highest BCUT2D eigenvalue weighted by molar-refractivity contribution is 7.11. The molecule has 0 atom stereocenters. The highest BCUT2D eigenvalue weighted by atomic mass is 32.1. The lowest BCUT2D eigenvalue weighted by molar-refractivity contribution is 0.0955. The van der Waals surface area contributed by atoms with Gasteiger partial charge in [-0.2, -0.15) is 0 Å². The molecule has 1 N–H and O–H groups in total. The Morgan fingerprint density at radius 2 is 2.58 bits per heavy atom. The van der Waals surface area contributed by atoms with Gasteiger partial charge in [-0.1, -0.05) is 0 Å². The summed E-state index contributed by atoms with van der Waals surface area (Å²) in [6, 6.07) is 0. The third-order valence-electron chi connectivity index (χ3n) is 1.90. The first-order valence-electron chi connectivity index (χ1n) is 4.03. The van der Waals surface area contributed by atoms with Crippen LogP contribution in [0.2, 0.25) is 0 Å². The van der Waals surface area contributed by atoms with E-state index in [2.05, 4.69) is 10.3 Å². The van der Waals surface area contributed by atoms with E-state index in [0.717, 1.165) is 12.5 Å². The molecule has 0 bridgehead atoms. The molecule has 1 heterocycles. The zero-order valence-electron chi connectivity index (χ0n) is 6.62. The Balaban J connectivity index is 1.83. The smallest absolute Gasteiger partial charge is 0.263 e. The van der Waals surface area contributed by atoms with Crippen molar-refractivity contribution in [1.82, 2.24) is 10.3 Å². The maximum absolute atomic E-state index is 11.3. The number of hydrogen-bond donors (Lipinski definition) is 1. The second-order valence-electron chi connectivity index (χ2n) is 3.02. The summed E-state index contributed by atoms with van der Waals surface area (Å²) in [7, 11) is 0. The lowest BCUT2D eigenvalue weighted by Gasteiger charge is -1.99. The molecular formula is C8H10N2OS. The van der Waals surface area contributed by atoms with Gasteiger partial charge >= 0.3 is 0 Å². The zero-order chi connectivity index (χ0) is 8.39. The molecule has 1 amide bonds. The fourth-order valence-electron chi connectivity index (χ4n) is 0.974. The van der Waals surface area contributed by atoms with Crippen LogP contribution in [0.3, 0.4) is 0 Å². The van der Waals surface area contributed by atoms with E-state index < -0.39 is 0 Å². The number of aromatic nitrogens is 1. The maximum atomic E-state index is 11.3. The van der Waals surface area contributed by atoms with Crippen molar-refractivity contribution in [2.45, 2.75) is 12.8 Å². The monoisotopic (exact) mass is 182 g/mol. The lowest BCUT2D eigenvalue weighted by atomic mass is 10.4. The second kappa shape index (κ2) is 3.23. The molecule has 1 saturated carbocycles. The summed E-state index contributed by atoms with van der Waals surface area (Å²) in [6.45, 7) is 0.830.